The lowest BCUT2D eigenvalue weighted by Crippen LogP contribution is -2.11. The minimum atomic E-state index is -3.78. The van der Waals surface area contributed by atoms with Gasteiger partial charge in [0.15, 0.2) is 0 Å². The van der Waals surface area contributed by atoms with Crippen LogP contribution < -0.4 is 10.6 Å². The molecule has 9 nitrogen and oxygen atoms in total. The Kier molecular flexibility index (Phi) is 5.66. The van der Waals surface area contributed by atoms with E-state index in [0.717, 1.165) is 0 Å². The number of hydrogen-bond donors (Lipinski definition) is 3. The summed E-state index contributed by atoms with van der Waals surface area (Å²) in [6.07, 6.45) is 0. The Morgan fingerprint density at radius 2 is 1.92 bits per heavy atom. The zero-order chi connectivity index (χ0) is 18.4. The average molecular weight is 379 g/mol. The van der Waals surface area contributed by atoms with Crippen molar-refractivity contribution in [2.45, 2.75) is 4.90 Å². The molecule has 0 unspecified atom stereocenters. The van der Waals surface area contributed by atoms with E-state index in [9.17, 15) is 13.5 Å². The number of anilines is 1. The van der Waals surface area contributed by atoms with E-state index >= 15 is 0 Å². The first-order valence-corrected chi connectivity index (χ1v) is 8.49. The fourth-order valence-electron chi connectivity index (χ4n) is 1.59. The molecule has 0 aromatic heterocycles. The first-order chi connectivity index (χ1) is 11.8. The van der Waals surface area contributed by atoms with E-state index in [-0.39, 0.29) is 22.2 Å². The number of sulfonamides is 1. The molecular weight excluding hydrogens is 368 g/mol. The van der Waals surface area contributed by atoms with Gasteiger partial charge in [-0.05, 0) is 36.4 Å². The second kappa shape index (κ2) is 7.71. The molecule has 0 fully saturated rings. The van der Waals surface area contributed by atoms with E-state index < -0.39 is 10.0 Å². The van der Waals surface area contributed by atoms with Gasteiger partial charge < -0.3 is 5.11 Å². The number of primary sulfonamides is 1. The highest BCUT2D eigenvalue weighted by Gasteiger charge is 2.06. The molecule has 4 N–H and O–H groups in total. The van der Waals surface area contributed by atoms with Crippen molar-refractivity contribution in [3.05, 3.63) is 47.5 Å². The number of nitriles is 1. The van der Waals surface area contributed by atoms with Gasteiger partial charge in [0.25, 0.3) is 5.84 Å². The second-order valence-corrected chi connectivity index (χ2v) is 6.56. The molecular formula is C14H11ClN6O3S. The predicted octanol–water partition coefficient (Wildman–Crippen LogP) is 2.73. The number of rotatable bonds is 4. The zero-order valence-corrected chi connectivity index (χ0v) is 14.0. The smallest absolute Gasteiger partial charge is 0.270 e. The number of nitrogens with two attached hydrogens (primary N) is 1. The van der Waals surface area contributed by atoms with E-state index in [1.165, 1.54) is 42.5 Å². The Morgan fingerprint density at radius 1 is 1.24 bits per heavy atom. The van der Waals surface area contributed by atoms with Crippen LogP contribution in [0.3, 0.4) is 0 Å². The largest absolute Gasteiger partial charge is 0.506 e. The standard InChI is InChI=1S/C14H11ClN6O3S/c15-9-1-6-12(13(22)7-9)19-21-14(8-16)20-18-10-2-4-11(5-3-10)25(17,23)24/h1-7,18,22H,(H2,17,23,24)/b20-14+,21-19?. The third-order valence-electron chi connectivity index (χ3n) is 2.76. The fraction of sp³-hybridized carbons (Fsp3) is 0. The molecule has 0 aliphatic rings. The summed E-state index contributed by atoms with van der Waals surface area (Å²) in [6.45, 7) is 0. The molecule has 0 saturated heterocycles. The molecule has 25 heavy (non-hydrogen) atoms. The van der Waals surface area contributed by atoms with E-state index in [2.05, 4.69) is 20.8 Å². The molecule has 0 heterocycles. The van der Waals surface area contributed by atoms with Crippen LogP contribution in [0.5, 0.6) is 5.75 Å². The lowest BCUT2D eigenvalue weighted by molar-refractivity contribution is 0.476. The van der Waals surface area contributed by atoms with Crippen molar-refractivity contribution in [2.75, 3.05) is 5.43 Å². The average Bonchev–Trinajstić information content (AvgIpc) is 2.56. The van der Waals surface area contributed by atoms with Crippen LogP contribution in [0, 0.1) is 11.3 Å². The molecule has 0 radical (unpaired) electrons. The van der Waals surface area contributed by atoms with Crippen molar-refractivity contribution in [3.8, 4) is 11.8 Å². The minimum absolute atomic E-state index is 0.0552. The molecule has 0 spiro atoms. The highest BCUT2D eigenvalue weighted by Crippen LogP contribution is 2.29. The number of amidine groups is 1. The summed E-state index contributed by atoms with van der Waals surface area (Å²) >= 11 is 5.70. The maximum absolute atomic E-state index is 11.2. The zero-order valence-electron chi connectivity index (χ0n) is 12.5. The van der Waals surface area contributed by atoms with E-state index in [1.54, 1.807) is 6.07 Å². The monoisotopic (exact) mass is 378 g/mol. The minimum Gasteiger partial charge on any atom is -0.506 e. The van der Waals surface area contributed by atoms with Crippen LogP contribution >= 0.6 is 11.6 Å². The first kappa shape index (κ1) is 18.3. The van der Waals surface area contributed by atoms with Crippen molar-refractivity contribution in [2.24, 2.45) is 20.5 Å². The van der Waals surface area contributed by atoms with Gasteiger partial charge in [0.05, 0.1) is 10.6 Å². The molecule has 0 aliphatic carbocycles. The summed E-state index contributed by atoms with van der Waals surface area (Å²) in [6, 6.07) is 11.3. The van der Waals surface area contributed by atoms with Crippen LogP contribution in [0.4, 0.5) is 11.4 Å². The fourth-order valence-corrected chi connectivity index (χ4v) is 2.27. The Bertz CT molecular complexity index is 981. The number of hydrazone groups is 1. The van der Waals surface area contributed by atoms with E-state index in [0.29, 0.717) is 10.7 Å². The van der Waals surface area contributed by atoms with E-state index in [1.807, 2.05) is 0 Å². The number of azo groups is 1. The summed E-state index contributed by atoms with van der Waals surface area (Å²) in [4.78, 5) is -0.0552. The predicted molar refractivity (Wildman–Crippen MR) is 92.1 cm³/mol. The van der Waals surface area contributed by atoms with Crippen molar-refractivity contribution in [1.29, 1.82) is 5.26 Å². The quantitative estimate of drug-likeness (QED) is 0.323. The number of halogens is 1. The van der Waals surface area contributed by atoms with Crippen molar-refractivity contribution < 1.29 is 13.5 Å². The van der Waals surface area contributed by atoms with Gasteiger partial charge in [0.1, 0.15) is 17.5 Å². The summed E-state index contributed by atoms with van der Waals surface area (Å²) in [5.74, 6) is -0.509. The number of phenols is 1. The summed E-state index contributed by atoms with van der Waals surface area (Å²) in [5, 5.41) is 35.0. The molecule has 0 aliphatic heterocycles. The van der Waals surface area contributed by atoms with Crippen LogP contribution in [-0.4, -0.2) is 19.4 Å². The number of nitrogens with one attached hydrogen (secondary N) is 1. The Balaban J connectivity index is 2.12. The number of aromatic hydroxyl groups is 1. The third-order valence-corrected chi connectivity index (χ3v) is 3.93. The first-order valence-electron chi connectivity index (χ1n) is 6.56. The van der Waals surface area contributed by atoms with Crippen molar-refractivity contribution >= 4 is 38.8 Å². The third kappa shape index (κ3) is 5.25. The van der Waals surface area contributed by atoms with Crippen LogP contribution in [-0.2, 0) is 10.0 Å². The number of hydrogen-bond acceptors (Lipinski definition) is 7. The molecule has 0 bridgehead atoms. The topological polar surface area (TPSA) is 153 Å². The van der Waals surface area contributed by atoms with Gasteiger partial charge >= 0.3 is 0 Å². The Labute approximate surface area is 148 Å². The number of nitrogens with zero attached hydrogens (tertiary/aromatic N) is 4. The van der Waals surface area contributed by atoms with Gasteiger partial charge in [-0.3, -0.25) is 5.43 Å². The molecule has 2 rings (SSSR count). The van der Waals surface area contributed by atoms with E-state index in [4.69, 9.17) is 22.0 Å². The summed E-state index contributed by atoms with van der Waals surface area (Å²) in [5.41, 5.74) is 3.05. The van der Waals surface area contributed by atoms with Crippen LogP contribution in [0.15, 0.2) is 62.7 Å². The van der Waals surface area contributed by atoms with Crippen LogP contribution in [0.1, 0.15) is 0 Å². The van der Waals surface area contributed by atoms with Gasteiger partial charge in [-0.15, -0.1) is 15.3 Å². The maximum Gasteiger partial charge on any atom is 0.270 e. The van der Waals surface area contributed by atoms with Crippen molar-refractivity contribution in [3.63, 3.8) is 0 Å². The lowest BCUT2D eigenvalue weighted by atomic mass is 10.3. The highest BCUT2D eigenvalue weighted by molar-refractivity contribution is 7.89. The molecule has 11 heteroatoms. The molecule has 128 valence electrons. The van der Waals surface area contributed by atoms with Crippen molar-refractivity contribution in [1.82, 2.24) is 0 Å². The Hall–Kier alpha value is -3.00. The molecule has 0 atom stereocenters. The molecule has 0 saturated carbocycles. The molecule has 2 aromatic carbocycles. The number of phenolic OH excluding ortho intramolecular Hbond substituents is 1. The molecule has 0 amide bonds. The maximum atomic E-state index is 11.2. The van der Waals surface area contributed by atoms with Crippen LogP contribution in [0.2, 0.25) is 5.02 Å². The van der Waals surface area contributed by atoms with Crippen LogP contribution in [0.25, 0.3) is 0 Å². The Morgan fingerprint density at radius 3 is 2.48 bits per heavy atom. The van der Waals surface area contributed by atoms with Gasteiger partial charge in [0, 0.05) is 11.1 Å². The van der Waals surface area contributed by atoms with Gasteiger partial charge in [-0.2, -0.15) is 5.26 Å². The van der Waals surface area contributed by atoms with Gasteiger partial charge in [-0.1, -0.05) is 11.6 Å². The summed E-state index contributed by atoms with van der Waals surface area (Å²) in [7, 11) is -3.78. The summed E-state index contributed by atoms with van der Waals surface area (Å²) < 4.78 is 22.3. The highest BCUT2D eigenvalue weighted by atomic mass is 35.5. The number of benzene rings is 2. The molecule has 2 aromatic rings. The van der Waals surface area contributed by atoms with Gasteiger partial charge in [-0.25, -0.2) is 13.6 Å². The SMILES string of the molecule is N#C/C(N=Nc1ccc(Cl)cc1O)=N\Nc1ccc(S(N)(=O)=O)cc1. The lowest BCUT2D eigenvalue weighted by Gasteiger charge is -2.01. The second-order valence-electron chi connectivity index (χ2n) is 4.56. The normalized spacial score (nSPS) is 12.1. The van der Waals surface area contributed by atoms with Gasteiger partial charge in [0.2, 0.25) is 10.0 Å².